The number of nitrogens with zero attached hydrogens (tertiary/aromatic N) is 2. The number of thiophene rings is 1. The van der Waals surface area contributed by atoms with Crippen LogP contribution in [0.4, 0.5) is 0 Å². The van der Waals surface area contributed by atoms with Crippen LogP contribution in [0.2, 0.25) is 0 Å². The first-order valence-electron chi connectivity index (χ1n) is 7.73. The van der Waals surface area contributed by atoms with Gasteiger partial charge in [-0.3, -0.25) is 9.69 Å². The molecule has 0 aliphatic heterocycles. The van der Waals surface area contributed by atoms with Gasteiger partial charge in [0.1, 0.15) is 5.75 Å². The molecule has 5 nitrogen and oxygen atoms in total. The van der Waals surface area contributed by atoms with Crippen LogP contribution >= 0.6 is 11.3 Å². The average molecular weight is 343 g/mol. The van der Waals surface area contributed by atoms with Crippen molar-refractivity contribution < 1.29 is 9.53 Å². The first-order chi connectivity index (χ1) is 11.7. The maximum Gasteiger partial charge on any atom is 0.234 e. The Labute approximate surface area is 146 Å². The minimum Gasteiger partial charge on any atom is -0.496 e. The smallest absolute Gasteiger partial charge is 0.234 e. The van der Waals surface area contributed by atoms with E-state index >= 15 is 0 Å². The van der Waals surface area contributed by atoms with Crippen LogP contribution in [-0.2, 0) is 17.9 Å². The molecule has 1 N–H and O–H groups in total. The molecular formula is C18H21N3O2S. The number of hydrogen-bond acceptors (Lipinski definition) is 5. The lowest BCUT2D eigenvalue weighted by molar-refractivity contribution is -0.122. The first kappa shape index (κ1) is 18.0. The van der Waals surface area contributed by atoms with Crippen molar-refractivity contribution in [3.05, 3.63) is 52.2 Å². The van der Waals surface area contributed by atoms with E-state index in [0.29, 0.717) is 26.1 Å². The van der Waals surface area contributed by atoms with Gasteiger partial charge < -0.3 is 10.1 Å². The molecule has 0 fully saturated rings. The molecule has 2 rings (SSSR count). The monoisotopic (exact) mass is 343 g/mol. The highest BCUT2D eigenvalue weighted by molar-refractivity contribution is 7.09. The van der Waals surface area contributed by atoms with Gasteiger partial charge in [0.15, 0.2) is 0 Å². The number of ether oxygens (including phenoxy) is 1. The third-order valence-electron chi connectivity index (χ3n) is 3.47. The summed E-state index contributed by atoms with van der Waals surface area (Å²) >= 11 is 1.67. The number of nitrogens with one attached hydrogen (secondary N) is 1. The van der Waals surface area contributed by atoms with E-state index in [0.717, 1.165) is 11.3 Å². The molecule has 0 aliphatic rings. The number of benzene rings is 1. The Morgan fingerprint density at radius 1 is 1.29 bits per heavy atom. The second-order valence-electron chi connectivity index (χ2n) is 5.29. The minimum atomic E-state index is -0.0725. The summed E-state index contributed by atoms with van der Waals surface area (Å²) in [6, 6.07) is 13.9. The normalized spacial score (nSPS) is 10.4. The molecule has 0 saturated heterocycles. The van der Waals surface area contributed by atoms with Gasteiger partial charge in [-0.25, -0.2) is 0 Å². The van der Waals surface area contributed by atoms with Gasteiger partial charge in [-0.05, 0) is 17.5 Å². The molecule has 0 unspecified atom stereocenters. The molecule has 0 atom stereocenters. The van der Waals surface area contributed by atoms with Gasteiger partial charge in [0.2, 0.25) is 5.91 Å². The van der Waals surface area contributed by atoms with Gasteiger partial charge in [0.05, 0.1) is 26.1 Å². The van der Waals surface area contributed by atoms with E-state index < -0.39 is 0 Å². The van der Waals surface area contributed by atoms with Crippen LogP contribution in [-0.4, -0.2) is 31.0 Å². The van der Waals surface area contributed by atoms with Crippen molar-refractivity contribution in [3.8, 4) is 11.8 Å². The third kappa shape index (κ3) is 5.69. The highest BCUT2D eigenvalue weighted by Crippen LogP contribution is 2.21. The summed E-state index contributed by atoms with van der Waals surface area (Å²) in [4.78, 5) is 15.4. The third-order valence-corrected chi connectivity index (χ3v) is 4.33. The number of carbonyl (C=O) groups excluding carboxylic acids is 1. The van der Waals surface area contributed by atoms with Crippen LogP contribution in [0.15, 0.2) is 41.8 Å². The second kappa shape index (κ2) is 9.71. The maximum atomic E-state index is 12.1. The van der Waals surface area contributed by atoms with Gasteiger partial charge in [0, 0.05) is 30.1 Å². The molecular weight excluding hydrogens is 322 g/mol. The van der Waals surface area contributed by atoms with Crippen LogP contribution in [0, 0.1) is 11.3 Å². The highest BCUT2D eigenvalue weighted by atomic mass is 32.1. The molecule has 0 bridgehead atoms. The van der Waals surface area contributed by atoms with E-state index in [4.69, 9.17) is 10.00 Å². The SMILES string of the molecule is COc1ccccc1CN(CC(=O)NCCC#N)Cc1cccs1. The quantitative estimate of drug-likeness (QED) is 0.711. The second-order valence-corrected chi connectivity index (χ2v) is 6.33. The highest BCUT2D eigenvalue weighted by Gasteiger charge is 2.14. The number of hydrogen-bond donors (Lipinski definition) is 1. The minimum absolute atomic E-state index is 0.0725. The fraction of sp³-hybridized carbons (Fsp3) is 0.333. The van der Waals surface area contributed by atoms with Gasteiger partial charge in [-0.2, -0.15) is 5.26 Å². The van der Waals surface area contributed by atoms with E-state index in [2.05, 4.69) is 16.3 Å². The van der Waals surface area contributed by atoms with Crippen molar-refractivity contribution in [3.63, 3.8) is 0 Å². The molecule has 126 valence electrons. The number of carbonyl (C=O) groups is 1. The Bertz CT molecular complexity index is 680. The number of methoxy groups -OCH3 is 1. The van der Waals surface area contributed by atoms with Crippen LogP contribution in [0.3, 0.4) is 0 Å². The fourth-order valence-electron chi connectivity index (χ4n) is 2.38. The standard InChI is InChI=1S/C18H21N3O2S/c1-23-17-8-3-2-6-15(17)12-21(13-16-7-4-11-24-16)14-18(22)20-10-5-9-19/h2-4,6-8,11H,5,10,12-14H2,1H3,(H,20,22). The zero-order valence-corrected chi connectivity index (χ0v) is 14.5. The number of para-hydroxylation sites is 1. The zero-order valence-electron chi connectivity index (χ0n) is 13.7. The average Bonchev–Trinajstić information content (AvgIpc) is 3.08. The van der Waals surface area contributed by atoms with Crippen LogP contribution in [0.1, 0.15) is 16.9 Å². The molecule has 0 aliphatic carbocycles. The van der Waals surface area contributed by atoms with Crippen molar-refractivity contribution in [2.45, 2.75) is 19.5 Å². The Balaban J connectivity index is 2.05. The molecule has 0 radical (unpaired) electrons. The molecule has 6 heteroatoms. The summed E-state index contributed by atoms with van der Waals surface area (Å²) in [7, 11) is 1.65. The lowest BCUT2D eigenvalue weighted by Gasteiger charge is -2.22. The molecule has 1 heterocycles. The summed E-state index contributed by atoms with van der Waals surface area (Å²) < 4.78 is 5.41. The predicted octanol–water partition coefficient (Wildman–Crippen LogP) is 2.79. The Kier molecular flexibility index (Phi) is 7.27. The van der Waals surface area contributed by atoms with Crippen LogP contribution < -0.4 is 10.1 Å². The topological polar surface area (TPSA) is 65.4 Å². The lowest BCUT2D eigenvalue weighted by atomic mass is 10.2. The van der Waals surface area contributed by atoms with E-state index in [9.17, 15) is 4.79 Å². The van der Waals surface area contributed by atoms with Gasteiger partial charge in [-0.15, -0.1) is 11.3 Å². The van der Waals surface area contributed by atoms with Crippen molar-refractivity contribution in [2.24, 2.45) is 0 Å². The summed E-state index contributed by atoms with van der Waals surface area (Å²) in [6.07, 6.45) is 0.323. The zero-order chi connectivity index (χ0) is 17.2. The van der Waals surface area contributed by atoms with Crippen LogP contribution in [0.25, 0.3) is 0 Å². The number of nitriles is 1. The summed E-state index contributed by atoms with van der Waals surface area (Å²) in [5, 5.41) is 13.4. The Morgan fingerprint density at radius 2 is 2.12 bits per heavy atom. The van der Waals surface area contributed by atoms with E-state index in [1.165, 1.54) is 4.88 Å². The first-order valence-corrected chi connectivity index (χ1v) is 8.61. The molecule has 1 aromatic heterocycles. The Morgan fingerprint density at radius 3 is 2.83 bits per heavy atom. The maximum absolute atomic E-state index is 12.1. The molecule has 2 aromatic rings. The van der Waals surface area contributed by atoms with Crippen molar-refractivity contribution >= 4 is 17.2 Å². The van der Waals surface area contributed by atoms with Crippen molar-refractivity contribution in [1.29, 1.82) is 5.26 Å². The number of rotatable bonds is 9. The molecule has 0 spiro atoms. The van der Waals surface area contributed by atoms with Gasteiger partial charge >= 0.3 is 0 Å². The van der Waals surface area contributed by atoms with E-state index in [1.807, 2.05) is 41.8 Å². The van der Waals surface area contributed by atoms with Gasteiger partial charge in [-0.1, -0.05) is 24.3 Å². The predicted molar refractivity (Wildman–Crippen MR) is 94.7 cm³/mol. The molecule has 0 saturated carbocycles. The summed E-state index contributed by atoms with van der Waals surface area (Å²) in [5.74, 6) is 0.746. The van der Waals surface area contributed by atoms with E-state index in [1.54, 1.807) is 18.4 Å². The molecule has 24 heavy (non-hydrogen) atoms. The van der Waals surface area contributed by atoms with Crippen LogP contribution in [0.5, 0.6) is 5.75 Å². The van der Waals surface area contributed by atoms with Crippen molar-refractivity contribution in [2.75, 3.05) is 20.2 Å². The lowest BCUT2D eigenvalue weighted by Crippen LogP contribution is -2.36. The van der Waals surface area contributed by atoms with E-state index in [-0.39, 0.29) is 12.5 Å². The van der Waals surface area contributed by atoms with Gasteiger partial charge in [0.25, 0.3) is 0 Å². The summed E-state index contributed by atoms with van der Waals surface area (Å²) in [5.41, 5.74) is 1.04. The Hall–Kier alpha value is -2.36. The number of amides is 1. The largest absolute Gasteiger partial charge is 0.496 e. The fourth-order valence-corrected chi connectivity index (χ4v) is 3.13. The molecule has 1 amide bonds. The van der Waals surface area contributed by atoms with Crippen molar-refractivity contribution in [1.82, 2.24) is 10.2 Å². The molecule has 1 aromatic carbocycles. The summed E-state index contributed by atoms with van der Waals surface area (Å²) in [6.45, 7) is 1.98.